The normalized spacial score (nSPS) is 17.7. The molecule has 3 N–H and O–H groups in total. The van der Waals surface area contributed by atoms with Gasteiger partial charge in [-0.25, -0.2) is 0 Å². The summed E-state index contributed by atoms with van der Waals surface area (Å²) in [6, 6.07) is 7.44. The number of hydrogen-bond donors (Lipinski definition) is 2. The second-order valence-electron chi connectivity index (χ2n) is 5.64. The predicted octanol–water partition coefficient (Wildman–Crippen LogP) is 1.83. The first kappa shape index (κ1) is 15.0. The van der Waals surface area contributed by atoms with Crippen molar-refractivity contribution in [3.8, 4) is 5.75 Å². The highest BCUT2D eigenvalue weighted by molar-refractivity contribution is 5.82. The van der Waals surface area contributed by atoms with Crippen LogP contribution in [0.25, 0.3) is 0 Å². The first-order valence-electron chi connectivity index (χ1n) is 7.27. The topological polar surface area (TPSA) is 72.6 Å². The zero-order valence-electron chi connectivity index (χ0n) is 11.8. The molecule has 0 aliphatic heterocycles. The predicted molar refractivity (Wildman–Crippen MR) is 77.7 cm³/mol. The van der Waals surface area contributed by atoms with Crippen molar-refractivity contribution in [1.82, 2.24) is 0 Å². The standard InChI is InChI=1S/C16H23NO3/c17-11-14(18)9-13-5-4-6-15(10-13)20-12-16(19)7-2-1-3-8-16/h4-6,10,19H,1-3,7-9,11-12,17H2. The average molecular weight is 277 g/mol. The Labute approximate surface area is 119 Å². The van der Waals surface area contributed by atoms with Crippen LogP contribution in [0.15, 0.2) is 24.3 Å². The van der Waals surface area contributed by atoms with Crippen LogP contribution in [0, 0.1) is 0 Å². The molecule has 4 heteroatoms. The molecule has 0 spiro atoms. The molecule has 2 rings (SSSR count). The van der Waals surface area contributed by atoms with E-state index >= 15 is 0 Å². The highest BCUT2D eigenvalue weighted by Crippen LogP contribution is 2.28. The lowest BCUT2D eigenvalue weighted by Crippen LogP contribution is -2.37. The smallest absolute Gasteiger partial charge is 0.150 e. The summed E-state index contributed by atoms with van der Waals surface area (Å²) in [6.45, 7) is 0.381. The molecule has 1 fully saturated rings. The molecule has 0 atom stereocenters. The van der Waals surface area contributed by atoms with Gasteiger partial charge < -0.3 is 15.6 Å². The van der Waals surface area contributed by atoms with E-state index in [4.69, 9.17) is 10.5 Å². The molecule has 0 bridgehead atoms. The molecule has 1 aliphatic rings. The number of aliphatic hydroxyl groups is 1. The van der Waals surface area contributed by atoms with Gasteiger partial charge in [0.25, 0.3) is 0 Å². The molecule has 0 saturated heterocycles. The van der Waals surface area contributed by atoms with E-state index in [1.165, 1.54) is 6.42 Å². The Bertz CT molecular complexity index is 453. The van der Waals surface area contributed by atoms with Crippen LogP contribution in [0.3, 0.4) is 0 Å². The Kier molecular flexibility index (Phi) is 5.15. The van der Waals surface area contributed by atoms with Gasteiger partial charge in [0.2, 0.25) is 0 Å². The second-order valence-corrected chi connectivity index (χ2v) is 5.64. The van der Waals surface area contributed by atoms with Crippen LogP contribution in [0.4, 0.5) is 0 Å². The molecule has 1 aromatic carbocycles. The SMILES string of the molecule is NCC(=O)Cc1cccc(OCC2(O)CCCCC2)c1. The number of rotatable bonds is 6. The first-order valence-corrected chi connectivity index (χ1v) is 7.27. The van der Waals surface area contributed by atoms with Crippen molar-refractivity contribution >= 4 is 5.78 Å². The van der Waals surface area contributed by atoms with E-state index in [1.54, 1.807) is 0 Å². The maximum absolute atomic E-state index is 11.3. The molecular formula is C16H23NO3. The van der Waals surface area contributed by atoms with Crippen molar-refractivity contribution in [3.63, 3.8) is 0 Å². The van der Waals surface area contributed by atoms with E-state index in [2.05, 4.69) is 0 Å². The van der Waals surface area contributed by atoms with Crippen molar-refractivity contribution < 1.29 is 14.6 Å². The number of ketones is 1. The molecule has 4 nitrogen and oxygen atoms in total. The summed E-state index contributed by atoms with van der Waals surface area (Å²) >= 11 is 0. The Hall–Kier alpha value is -1.39. The minimum Gasteiger partial charge on any atom is -0.491 e. The van der Waals surface area contributed by atoms with Crippen molar-refractivity contribution in [2.75, 3.05) is 13.2 Å². The van der Waals surface area contributed by atoms with E-state index in [9.17, 15) is 9.90 Å². The molecule has 1 aromatic rings. The minimum absolute atomic E-state index is 0.00746. The van der Waals surface area contributed by atoms with E-state index in [-0.39, 0.29) is 12.3 Å². The summed E-state index contributed by atoms with van der Waals surface area (Å²) in [7, 11) is 0. The number of benzene rings is 1. The molecule has 20 heavy (non-hydrogen) atoms. The third-order valence-corrected chi connectivity index (χ3v) is 3.82. The zero-order valence-corrected chi connectivity index (χ0v) is 11.8. The highest BCUT2D eigenvalue weighted by Gasteiger charge is 2.29. The largest absolute Gasteiger partial charge is 0.491 e. The number of hydrogen-bond acceptors (Lipinski definition) is 4. The third-order valence-electron chi connectivity index (χ3n) is 3.82. The van der Waals surface area contributed by atoms with Gasteiger partial charge in [-0.2, -0.15) is 0 Å². The average Bonchev–Trinajstić information content (AvgIpc) is 2.46. The van der Waals surface area contributed by atoms with E-state index in [1.807, 2.05) is 24.3 Å². The first-order chi connectivity index (χ1) is 9.61. The molecule has 0 unspecified atom stereocenters. The number of Topliss-reactive ketones (excluding diaryl/α,β-unsaturated/α-hetero) is 1. The van der Waals surface area contributed by atoms with Crippen LogP contribution in [-0.2, 0) is 11.2 Å². The van der Waals surface area contributed by atoms with Crippen molar-refractivity contribution in [3.05, 3.63) is 29.8 Å². The van der Waals surface area contributed by atoms with E-state index in [0.29, 0.717) is 18.8 Å². The fourth-order valence-electron chi connectivity index (χ4n) is 2.62. The molecule has 0 aromatic heterocycles. The van der Waals surface area contributed by atoms with Crippen molar-refractivity contribution in [2.45, 2.75) is 44.1 Å². The molecule has 0 radical (unpaired) electrons. The van der Waals surface area contributed by atoms with Crippen LogP contribution in [0.1, 0.15) is 37.7 Å². The molecule has 1 saturated carbocycles. The monoisotopic (exact) mass is 277 g/mol. The van der Waals surface area contributed by atoms with Gasteiger partial charge in [-0.05, 0) is 30.5 Å². The summed E-state index contributed by atoms with van der Waals surface area (Å²) in [6.07, 6.45) is 5.25. The Morgan fingerprint density at radius 3 is 2.75 bits per heavy atom. The summed E-state index contributed by atoms with van der Waals surface area (Å²) < 4.78 is 5.71. The molecular weight excluding hydrogens is 254 g/mol. The van der Waals surface area contributed by atoms with Gasteiger partial charge in [-0.1, -0.05) is 31.4 Å². The summed E-state index contributed by atoms with van der Waals surface area (Å²) in [5, 5.41) is 10.4. The lowest BCUT2D eigenvalue weighted by molar-refractivity contribution is -0.117. The fourth-order valence-corrected chi connectivity index (χ4v) is 2.62. The van der Waals surface area contributed by atoms with Crippen LogP contribution in [-0.4, -0.2) is 29.6 Å². The molecule has 110 valence electrons. The van der Waals surface area contributed by atoms with Gasteiger partial charge in [-0.15, -0.1) is 0 Å². The lowest BCUT2D eigenvalue weighted by atomic mass is 9.85. The van der Waals surface area contributed by atoms with E-state index < -0.39 is 5.60 Å². The number of nitrogens with two attached hydrogens (primary N) is 1. The number of carbonyl (C=O) groups is 1. The summed E-state index contributed by atoms with van der Waals surface area (Å²) in [5.74, 6) is 0.708. The van der Waals surface area contributed by atoms with Crippen LogP contribution < -0.4 is 10.5 Å². The van der Waals surface area contributed by atoms with Gasteiger partial charge in [0.05, 0.1) is 12.1 Å². The van der Waals surface area contributed by atoms with Crippen LogP contribution in [0.2, 0.25) is 0 Å². The maximum Gasteiger partial charge on any atom is 0.150 e. The van der Waals surface area contributed by atoms with Gasteiger partial charge >= 0.3 is 0 Å². The van der Waals surface area contributed by atoms with E-state index in [0.717, 1.165) is 31.2 Å². The second kappa shape index (κ2) is 6.86. The molecule has 0 amide bonds. The van der Waals surface area contributed by atoms with Crippen LogP contribution in [0.5, 0.6) is 5.75 Å². The zero-order chi connectivity index (χ0) is 14.4. The van der Waals surface area contributed by atoms with Crippen LogP contribution >= 0.6 is 0 Å². The maximum atomic E-state index is 11.3. The fraction of sp³-hybridized carbons (Fsp3) is 0.562. The molecule has 0 heterocycles. The van der Waals surface area contributed by atoms with Gasteiger partial charge in [0, 0.05) is 6.42 Å². The van der Waals surface area contributed by atoms with Gasteiger partial charge in [0.1, 0.15) is 12.4 Å². The molecule has 1 aliphatic carbocycles. The van der Waals surface area contributed by atoms with Crippen molar-refractivity contribution in [2.24, 2.45) is 5.73 Å². The van der Waals surface area contributed by atoms with Gasteiger partial charge in [-0.3, -0.25) is 4.79 Å². The number of ether oxygens (including phenoxy) is 1. The van der Waals surface area contributed by atoms with Gasteiger partial charge in [0.15, 0.2) is 5.78 Å². The Morgan fingerprint density at radius 1 is 1.30 bits per heavy atom. The third kappa shape index (κ3) is 4.32. The van der Waals surface area contributed by atoms with Crippen molar-refractivity contribution in [1.29, 1.82) is 0 Å². The highest BCUT2D eigenvalue weighted by atomic mass is 16.5. The Balaban J connectivity index is 1.92. The summed E-state index contributed by atoms with van der Waals surface area (Å²) in [5.41, 5.74) is 5.52. The number of carbonyl (C=O) groups excluding carboxylic acids is 1. The lowest BCUT2D eigenvalue weighted by Gasteiger charge is -2.31. The quantitative estimate of drug-likeness (QED) is 0.832. The summed E-state index contributed by atoms with van der Waals surface area (Å²) in [4.78, 5) is 11.3. The minimum atomic E-state index is -0.693. The Morgan fingerprint density at radius 2 is 2.05 bits per heavy atom.